The molecule has 0 radical (unpaired) electrons. The monoisotopic (exact) mass is 710 g/mol. The van der Waals surface area contributed by atoms with Crippen molar-refractivity contribution >= 4 is 51.9 Å². The number of halogens is 2. The highest BCUT2D eigenvalue weighted by molar-refractivity contribution is 6.41. The predicted molar refractivity (Wildman–Crippen MR) is 190 cm³/mol. The largest absolute Gasteiger partial charge is 0.495 e. The number of piperazine rings is 1. The number of ether oxygens (including phenoxy) is 3. The van der Waals surface area contributed by atoms with E-state index in [4.69, 9.17) is 42.4 Å². The SMILES string of the molecule is C=CC(=O)C[C@H]1CCOC[C@H]1Nc1ncc2cc(-c3c(Cl)c(OC)cc(OC)c3Cl)c(=O)n(CCC3CN(C(=O)C#CC)CCN3C)c2n1. The Bertz CT molecular complexity index is 1840. The van der Waals surface area contributed by atoms with E-state index in [-0.39, 0.29) is 63.0 Å². The normalized spacial score (nSPS) is 19.6. The van der Waals surface area contributed by atoms with Crippen molar-refractivity contribution in [2.45, 2.75) is 44.8 Å². The van der Waals surface area contributed by atoms with E-state index in [0.29, 0.717) is 80.6 Å². The Morgan fingerprint density at radius 3 is 2.59 bits per heavy atom. The van der Waals surface area contributed by atoms with Crippen LogP contribution in [0.5, 0.6) is 11.5 Å². The number of allylic oxidation sites excluding steroid dienone is 1. The molecular formula is C35H40Cl2N6O6. The first kappa shape index (κ1) is 36.1. The van der Waals surface area contributed by atoms with Crippen molar-refractivity contribution in [2.24, 2.45) is 5.92 Å². The molecule has 12 nitrogen and oxygen atoms in total. The second-order valence-electron chi connectivity index (χ2n) is 12.1. The maximum atomic E-state index is 14.5. The first-order valence-corrected chi connectivity index (χ1v) is 16.8. The minimum atomic E-state index is -0.380. The van der Waals surface area contributed by atoms with Crippen LogP contribution in [0.2, 0.25) is 10.0 Å². The molecule has 2 aliphatic rings. The van der Waals surface area contributed by atoms with Crippen molar-refractivity contribution in [1.82, 2.24) is 24.3 Å². The first-order valence-electron chi connectivity index (χ1n) is 16.0. The van der Waals surface area contributed by atoms with Crippen LogP contribution in [0.4, 0.5) is 5.95 Å². The molecule has 0 saturated carbocycles. The van der Waals surface area contributed by atoms with E-state index in [1.807, 2.05) is 7.05 Å². The zero-order valence-corrected chi connectivity index (χ0v) is 29.6. The van der Waals surface area contributed by atoms with Gasteiger partial charge >= 0.3 is 0 Å². The van der Waals surface area contributed by atoms with Crippen LogP contribution >= 0.6 is 23.2 Å². The van der Waals surface area contributed by atoms with Crippen LogP contribution in [0, 0.1) is 17.8 Å². The maximum Gasteiger partial charge on any atom is 0.298 e. The molecule has 3 aromatic rings. The molecule has 14 heteroatoms. The Morgan fingerprint density at radius 1 is 1.18 bits per heavy atom. The summed E-state index contributed by atoms with van der Waals surface area (Å²) in [6.45, 7) is 8.14. The first-order chi connectivity index (χ1) is 23.6. The molecule has 2 saturated heterocycles. The number of benzene rings is 1. The number of rotatable bonds is 11. The fourth-order valence-electron chi connectivity index (χ4n) is 6.34. The molecule has 0 spiro atoms. The molecule has 260 valence electrons. The number of hydrogen-bond acceptors (Lipinski definition) is 10. The fourth-order valence-corrected chi connectivity index (χ4v) is 7.04. The molecule has 0 bridgehead atoms. The lowest BCUT2D eigenvalue weighted by atomic mass is 9.90. The predicted octanol–water partition coefficient (Wildman–Crippen LogP) is 4.30. The summed E-state index contributed by atoms with van der Waals surface area (Å²) >= 11 is 13.6. The van der Waals surface area contributed by atoms with Gasteiger partial charge in [0.25, 0.3) is 11.5 Å². The number of nitrogens with zero attached hydrogens (tertiary/aromatic N) is 5. The number of pyridine rings is 1. The zero-order chi connectivity index (χ0) is 35.2. The summed E-state index contributed by atoms with van der Waals surface area (Å²) in [6.07, 6.45) is 4.52. The molecule has 2 fully saturated rings. The average Bonchev–Trinajstić information content (AvgIpc) is 3.10. The van der Waals surface area contributed by atoms with Crippen LogP contribution in [0.1, 0.15) is 26.2 Å². The Balaban J connectivity index is 1.59. The number of ketones is 1. The van der Waals surface area contributed by atoms with Gasteiger partial charge in [0.1, 0.15) is 17.1 Å². The number of anilines is 1. The van der Waals surface area contributed by atoms with Gasteiger partial charge in [0.2, 0.25) is 5.95 Å². The number of carbonyl (C=O) groups is 2. The molecule has 1 N–H and O–H groups in total. The van der Waals surface area contributed by atoms with Gasteiger partial charge in [-0.1, -0.05) is 35.7 Å². The number of carbonyl (C=O) groups excluding carboxylic acids is 2. The second-order valence-corrected chi connectivity index (χ2v) is 12.8. The van der Waals surface area contributed by atoms with Crippen molar-refractivity contribution in [3.05, 3.63) is 51.4 Å². The minimum Gasteiger partial charge on any atom is -0.495 e. The van der Waals surface area contributed by atoms with Crippen molar-refractivity contribution in [3.63, 3.8) is 0 Å². The van der Waals surface area contributed by atoms with Crippen molar-refractivity contribution in [1.29, 1.82) is 0 Å². The summed E-state index contributed by atoms with van der Waals surface area (Å²) in [5, 5.41) is 4.23. The molecule has 49 heavy (non-hydrogen) atoms. The smallest absolute Gasteiger partial charge is 0.298 e. The number of aryl methyl sites for hydroxylation is 1. The van der Waals surface area contributed by atoms with Crippen LogP contribution in [0.3, 0.4) is 0 Å². The lowest BCUT2D eigenvalue weighted by molar-refractivity contribution is -0.127. The second kappa shape index (κ2) is 16.0. The van der Waals surface area contributed by atoms with E-state index in [2.05, 4.69) is 33.6 Å². The fraction of sp³-hybridized carbons (Fsp3) is 0.457. The number of hydrogen-bond donors (Lipinski definition) is 1. The average molecular weight is 712 g/mol. The highest BCUT2D eigenvalue weighted by Crippen LogP contribution is 2.45. The van der Waals surface area contributed by atoms with E-state index < -0.39 is 0 Å². The molecule has 1 unspecified atom stereocenters. The van der Waals surface area contributed by atoms with Crippen LogP contribution in [0.15, 0.2) is 35.8 Å². The van der Waals surface area contributed by atoms with Gasteiger partial charge in [0.05, 0.1) is 42.5 Å². The lowest BCUT2D eigenvalue weighted by Gasteiger charge is -2.38. The van der Waals surface area contributed by atoms with Gasteiger partial charge in [-0.15, -0.1) is 0 Å². The molecular weight excluding hydrogens is 671 g/mol. The summed E-state index contributed by atoms with van der Waals surface area (Å²) in [7, 11) is 4.94. The number of nitrogens with one attached hydrogen (secondary N) is 1. The molecule has 0 aliphatic carbocycles. The highest BCUT2D eigenvalue weighted by Gasteiger charge is 2.30. The Hall–Kier alpha value is -4.15. The van der Waals surface area contributed by atoms with Crippen LogP contribution < -0.4 is 20.3 Å². The topological polar surface area (TPSA) is 128 Å². The van der Waals surface area contributed by atoms with Crippen molar-refractivity contribution < 1.29 is 23.8 Å². The third-order valence-electron chi connectivity index (χ3n) is 9.16. The molecule has 4 heterocycles. The number of amides is 1. The van der Waals surface area contributed by atoms with Gasteiger partial charge in [-0.25, -0.2) is 4.98 Å². The van der Waals surface area contributed by atoms with Crippen molar-refractivity contribution in [3.8, 4) is 34.5 Å². The van der Waals surface area contributed by atoms with E-state index in [1.54, 1.807) is 34.7 Å². The zero-order valence-electron chi connectivity index (χ0n) is 28.1. The Labute approximate surface area is 295 Å². The van der Waals surface area contributed by atoms with Crippen LogP contribution in [-0.4, -0.2) is 102 Å². The minimum absolute atomic E-state index is 0.000309. The van der Waals surface area contributed by atoms with Gasteiger partial charge in [-0.2, -0.15) is 4.98 Å². The lowest BCUT2D eigenvalue weighted by Crippen LogP contribution is -2.53. The van der Waals surface area contributed by atoms with Gasteiger partial charge in [-0.3, -0.25) is 23.9 Å². The molecule has 1 amide bonds. The van der Waals surface area contributed by atoms with Gasteiger partial charge in [0.15, 0.2) is 5.78 Å². The summed E-state index contributed by atoms with van der Waals surface area (Å²) in [5.74, 6) is 5.94. The van der Waals surface area contributed by atoms with E-state index in [1.165, 1.54) is 20.3 Å². The summed E-state index contributed by atoms with van der Waals surface area (Å²) in [5.41, 5.74) is 0.503. The van der Waals surface area contributed by atoms with E-state index in [0.717, 1.165) is 0 Å². The number of likely N-dealkylation sites (N-methyl/N-ethyl adjacent to an activating group) is 1. The molecule has 2 aliphatic heterocycles. The standard InChI is InChI=1S/C35H40Cl2N6O6/c1-6-8-29(45)42-13-12-41(3)23(19-42)9-11-43-33-22(16-25(34(43)46)30-31(36)27(47-4)17-28(48-5)32(30)37)18-38-35(40-33)39-26-20-49-14-10-21(26)15-24(44)7-2/h7,16-18,21,23,26H,2,9-15,19-20H2,1,3-5H3,(H,38,39,40)/t21-,23?,26-/m1/s1. The van der Waals surface area contributed by atoms with Gasteiger partial charge < -0.3 is 24.4 Å². The Morgan fingerprint density at radius 2 is 1.92 bits per heavy atom. The summed E-state index contributed by atoms with van der Waals surface area (Å²) < 4.78 is 18.3. The molecule has 1 aromatic carbocycles. The molecule has 5 rings (SSSR count). The van der Waals surface area contributed by atoms with Crippen LogP contribution in [0.25, 0.3) is 22.2 Å². The number of fused-ring (bicyclic) bond motifs is 1. The van der Waals surface area contributed by atoms with E-state index >= 15 is 0 Å². The van der Waals surface area contributed by atoms with Gasteiger partial charge in [0, 0.05) is 68.5 Å². The summed E-state index contributed by atoms with van der Waals surface area (Å²) in [6, 6.07) is 2.96. The van der Waals surface area contributed by atoms with E-state index in [9.17, 15) is 14.4 Å². The number of aromatic nitrogens is 3. The molecule has 2 aromatic heterocycles. The number of methoxy groups -OCH3 is 2. The van der Waals surface area contributed by atoms with Crippen LogP contribution in [-0.2, 0) is 20.9 Å². The molecule has 3 atom stereocenters. The maximum absolute atomic E-state index is 14.5. The van der Waals surface area contributed by atoms with Crippen molar-refractivity contribution in [2.75, 3.05) is 59.4 Å². The van der Waals surface area contributed by atoms with Gasteiger partial charge in [-0.05, 0) is 50.8 Å². The third kappa shape index (κ3) is 7.86. The third-order valence-corrected chi connectivity index (χ3v) is 9.91. The summed E-state index contributed by atoms with van der Waals surface area (Å²) in [4.78, 5) is 52.7. The highest BCUT2D eigenvalue weighted by atomic mass is 35.5. The Kier molecular flexibility index (Phi) is 11.8. The quantitative estimate of drug-likeness (QED) is 0.227.